The highest BCUT2D eigenvalue weighted by molar-refractivity contribution is 7.14. The van der Waals surface area contributed by atoms with Crippen molar-refractivity contribution in [3.63, 3.8) is 0 Å². The summed E-state index contributed by atoms with van der Waals surface area (Å²) in [6.07, 6.45) is 2.27. The van der Waals surface area contributed by atoms with Crippen LogP contribution in [-0.2, 0) is 0 Å². The Morgan fingerprint density at radius 3 is 2.92 bits per heavy atom. The number of hydrogen-bond acceptors (Lipinski definition) is 3. The van der Waals surface area contributed by atoms with Gasteiger partial charge in [-0.3, -0.25) is 0 Å². The first-order valence-corrected chi connectivity index (χ1v) is 5.20. The summed E-state index contributed by atoms with van der Waals surface area (Å²) < 4.78 is 0. The van der Waals surface area contributed by atoms with Crippen LogP contribution >= 0.6 is 11.3 Å². The third kappa shape index (κ3) is 2.83. The van der Waals surface area contributed by atoms with E-state index in [0.29, 0.717) is 0 Å². The van der Waals surface area contributed by atoms with Crippen LogP contribution in [0.15, 0.2) is 11.4 Å². The summed E-state index contributed by atoms with van der Waals surface area (Å²) in [7, 11) is 0. The van der Waals surface area contributed by atoms with Gasteiger partial charge in [0.1, 0.15) is 0 Å². The van der Waals surface area contributed by atoms with Gasteiger partial charge in [-0.25, -0.2) is 0 Å². The van der Waals surface area contributed by atoms with Gasteiger partial charge in [0.25, 0.3) is 0 Å². The third-order valence-corrected chi connectivity index (χ3v) is 2.75. The van der Waals surface area contributed by atoms with Crippen LogP contribution < -0.4 is 11.1 Å². The summed E-state index contributed by atoms with van der Waals surface area (Å²) in [5.74, 6) is 0. The SMILES string of the molecule is Cc1ccsc1NCCCCN. The van der Waals surface area contributed by atoms with Crippen LogP contribution in [0.25, 0.3) is 0 Å². The number of hydrogen-bond donors (Lipinski definition) is 2. The van der Waals surface area contributed by atoms with Crippen molar-refractivity contribution in [1.29, 1.82) is 0 Å². The van der Waals surface area contributed by atoms with Crippen molar-refractivity contribution in [3.8, 4) is 0 Å². The normalized spacial score (nSPS) is 10.2. The fraction of sp³-hybridized carbons (Fsp3) is 0.556. The highest BCUT2D eigenvalue weighted by Gasteiger charge is 1.96. The molecule has 0 aromatic carbocycles. The Balaban J connectivity index is 2.20. The Morgan fingerprint density at radius 1 is 1.50 bits per heavy atom. The van der Waals surface area contributed by atoms with Gasteiger partial charge in [-0.1, -0.05) is 0 Å². The first kappa shape index (κ1) is 9.55. The molecule has 68 valence electrons. The molecule has 0 aliphatic carbocycles. The summed E-state index contributed by atoms with van der Waals surface area (Å²) in [4.78, 5) is 0. The van der Waals surface area contributed by atoms with Crippen molar-refractivity contribution >= 4 is 16.3 Å². The standard InChI is InChI=1S/C9H16N2S/c1-8-4-7-12-9(8)11-6-3-2-5-10/h4,7,11H,2-3,5-6,10H2,1H3. The number of anilines is 1. The zero-order chi connectivity index (χ0) is 8.81. The molecule has 12 heavy (non-hydrogen) atoms. The van der Waals surface area contributed by atoms with Crippen LogP contribution in [0.3, 0.4) is 0 Å². The van der Waals surface area contributed by atoms with Gasteiger partial charge < -0.3 is 11.1 Å². The lowest BCUT2D eigenvalue weighted by molar-refractivity contribution is 0.775. The molecule has 0 saturated heterocycles. The molecule has 0 saturated carbocycles. The largest absolute Gasteiger partial charge is 0.377 e. The molecular formula is C9H16N2S. The number of rotatable bonds is 5. The molecule has 3 heteroatoms. The predicted molar refractivity (Wildman–Crippen MR) is 55.8 cm³/mol. The maximum atomic E-state index is 5.39. The quantitative estimate of drug-likeness (QED) is 0.688. The zero-order valence-electron chi connectivity index (χ0n) is 7.47. The second kappa shape index (κ2) is 5.17. The van der Waals surface area contributed by atoms with Crippen LogP contribution in [0.1, 0.15) is 18.4 Å². The molecule has 0 atom stereocenters. The summed E-state index contributed by atoms with van der Waals surface area (Å²) in [5.41, 5.74) is 6.73. The van der Waals surface area contributed by atoms with E-state index < -0.39 is 0 Å². The molecule has 2 nitrogen and oxygen atoms in total. The summed E-state index contributed by atoms with van der Waals surface area (Å²) in [6, 6.07) is 2.13. The average Bonchev–Trinajstić information content (AvgIpc) is 2.46. The van der Waals surface area contributed by atoms with Crippen LogP contribution in [0.4, 0.5) is 5.00 Å². The van der Waals surface area contributed by atoms with Crippen molar-refractivity contribution in [1.82, 2.24) is 0 Å². The van der Waals surface area contributed by atoms with E-state index in [1.54, 1.807) is 11.3 Å². The Labute approximate surface area is 77.8 Å². The maximum absolute atomic E-state index is 5.39. The monoisotopic (exact) mass is 184 g/mol. The predicted octanol–water partition coefficient (Wildman–Crippen LogP) is 2.21. The van der Waals surface area contributed by atoms with E-state index in [2.05, 4.69) is 23.7 Å². The molecule has 0 fully saturated rings. The minimum Gasteiger partial charge on any atom is -0.377 e. The number of nitrogens with two attached hydrogens (primary N) is 1. The molecule has 0 aliphatic rings. The minimum absolute atomic E-state index is 0.797. The molecule has 0 amide bonds. The third-order valence-electron chi connectivity index (χ3n) is 1.78. The van der Waals surface area contributed by atoms with Gasteiger partial charge in [0.05, 0.1) is 5.00 Å². The Hall–Kier alpha value is -0.540. The molecule has 1 aromatic rings. The van der Waals surface area contributed by atoms with Gasteiger partial charge in [0, 0.05) is 6.54 Å². The highest BCUT2D eigenvalue weighted by Crippen LogP contribution is 2.21. The molecular weight excluding hydrogens is 168 g/mol. The fourth-order valence-corrected chi connectivity index (χ4v) is 1.87. The Kier molecular flexibility index (Phi) is 4.11. The average molecular weight is 184 g/mol. The van der Waals surface area contributed by atoms with E-state index >= 15 is 0 Å². The second-order valence-corrected chi connectivity index (χ2v) is 3.77. The fourth-order valence-electron chi connectivity index (χ4n) is 1.03. The van der Waals surface area contributed by atoms with Gasteiger partial charge in [0.2, 0.25) is 0 Å². The van der Waals surface area contributed by atoms with Crippen molar-refractivity contribution in [2.75, 3.05) is 18.4 Å². The lowest BCUT2D eigenvalue weighted by Crippen LogP contribution is -2.05. The van der Waals surface area contributed by atoms with Crippen LogP contribution in [-0.4, -0.2) is 13.1 Å². The van der Waals surface area contributed by atoms with E-state index in [4.69, 9.17) is 5.73 Å². The number of unbranched alkanes of at least 4 members (excludes halogenated alkanes) is 1. The lowest BCUT2D eigenvalue weighted by Gasteiger charge is -2.03. The highest BCUT2D eigenvalue weighted by atomic mass is 32.1. The van der Waals surface area contributed by atoms with E-state index in [0.717, 1.165) is 25.9 Å². The van der Waals surface area contributed by atoms with Crippen LogP contribution in [0.2, 0.25) is 0 Å². The number of aryl methyl sites for hydroxylation is 1. The van der Waals surface area contributed by atoms with Gasteiger partial charge in [0.15, 0.2) is 0 Å². The second-order valence-electron chi connectivity index (χ2n) is 2.86. The first-order valence-electron chi connectivity index (χ1n) is 4.32. The molecule has 0 unspecified atom stereocenters. The Bertz CT molecular complexity index is 220. The van der Waals surface area contributed by atoms with Crippen molar-refractivity contribution < 1.29 is 0 Å². The summed E-state index contributed by atoms with van der Waals surface area (Å²) >= 11 is 1.77. The van der Waals surface area contributed by atoms with E-state index in [9.17, 15) is 0 Å². The van der Waals surface area contributed by atoms with Gasteiger partial charge in [-0.05, 0) is 43.3 Å². The first-order chi connectivity index (χ1) is 5.84. The minimum atomic E-state index is 0.797. The molecule has 1 rings (SSSR count). The van der Waals surface area contributed by atoms with Crippen LogP contribution in [0, 0.1) is 6.92 Å². The van der Waals surface area contributed by atoms with E-state index in [1.807, 2.05) is 0 Å². The molecule has 1 heterocycles. The topological polar surface area (TPSA) is 38.0 Å². The molecule has 0 aliphatic heterocycles. The van der Waals surface area contributed by atoms with Crippen molar-refractivity contribution in [2.45, 2.75) is 19.8 Å². The van der Waals surface area contributed by atoms with Gasteiger partial charge in [-0.15, -0.1) is 11.3 Å². The van der Waals surface area contributed by atoms with Crippen LogP contribution in [0.5, 0.6) is 0 Å². The number of thiophene rings is 1. The zero-order valence-corrected chi connectivity index (χ0v) is 8.29. The van der Waals surface area contributed by atoms with Crippen molar-refractivity contribution in [2.24, 2.45) is 5.73 Å². The van der Waals surface area contributed by atoms with Gasteiger partial charge >= 0.3 is 0 Å². The molecule has 0 radical (unpaired) electrons. The molecule has 3 N–H and O–H groups in total. The lowest BCUT2D eigenvalue weighted by atomic mass is 10.3. The smallest absolute Gasteiger partial charge is 0.0912 e. The number of nitrogens with one attached hydrogen (secondary N) is 1. The van der Waals surface area contributed by atoms with Gasteiger partial charge in [-0.2, -0.15) is 0 Å². The molecule has 0 bridgehead atoms. The molecule has 0 spiro atoms. The Morgan fingerprint density at radius 2 is 2.33 bits per heavy atom. The summed E-state index contributed by atoms with van der Waals surface area (Å²) in [5, 5.41) is 6.80. The summed E-state index contributed by atoms with van der Waals surface area (Å²) in [6.45, 7) is 3.96. The van der Waals surface area contributed by atoms with E-state index in [1.165, 1.54) is 10.6 Å². The molecule has 1 aromatic heterocycles. The van der Waals surface area contributed by atoms with E-state index in [-0.39, 0.29) is 0 Å². The van der Waals surface area contributed by atoms with Crippen molar-refractivity contribution in [3.05, 3.63) is 17.0 Å². The maximum Gasteiger partial charge on any atom is 0.0912 e.